The van der Waals surface area contributed by atoms with E-state index in [-0.39, 0.29) is 42.7 Å². The summed E-state index contributed by atoms with van der Waals surface area (Å²) in [4.78, 5) is 29.5. The van der Waals surface area contributed by atoms with Crippen LogP contribution in [0.3, 0.4) is 0 Å². The molecule has 154 valence electrons. The van der Waals surface area contributed by atoms with Crippen LogP contribution >= 0.6 is 0 Å². The second-order valence-electron chi connectivity index (χ2n) is 7.30. The molecule has 1 aliphatic carbocycles. The first-order valence-corrected chi connectivity index (χ1v) is 9.58. The number of nitrogens with one attached hydrogen (secondary N) is 1. The molecule has 2 amide bonds. The smallest absolute Gasteiger partial charge is 0.417 e. The zero-order chi connectivity index (χ0) is 20.1. The molecule has 1 saturated heterocycles. The molecule has 0 spiro atoms. The van der Waals surface area contributed by atoms with E-state index in [9.17, 15) is 22.8 Å². The predicted molar refractivity (Wildman–Crippen MR) is 94.5 cm³/mol. The fourth-order valence-electron chi connectivity index (χ4n) is 3.59. The number of pyridine rings is 1. The number of alkyl halides is 3. The van der Waals surface area contributed by atoms with Crippen LogP contribution in [-0.4, -0.2) is 46.9 Å². The minimum absolute atomic E-state index is 0.0961. The molecule has 2 aliphatic rings. The lowest BCUT2D eigenvalue weighted by Crippen LogP contribution is -2.35. The molecule has 0 radical (unpaired) electrons. The molecule has 0 bridgehead atoms. The van der Waals surface area contributed by atoms with Crippen LogP contribution in [0.4, 0.5) is 13.2 Å². The van der Waals surface area contributed by atoms with E-state index >= 15 is 0 Å². The first-order valence-electron chi connectivity index (χ1n) is 9.58. The number of nitrogens with zero attached hydrogens (tertiary/aromatic N) is 2. The molecule has 3 rings (SSSR count). The topological polar surface area (TPSA) is 71.5 Å². The fourth-order valence-corrected chi connectivity index (χ4v) is 3.59. The van der Waals surface area contributed by atoms with Crippen molar-refractivity contribution >= 4 is 11.8 Å². The van der Waals surface area contributed by atoms with Crippen LogP contribution in [-0.2, 0) is 15.8 Å². The van der Waals surface area contributed by atoms with Crippen molar-refractivity contribution in [3.05, 3.63) is 23.9 Å². The number of likely N-dealkylation sites (tertiary alicyclic amines) is 1. The number of hydrogen-bond acceptors (Lipinski definition) is 4. The number of carbonyl (C=O) groups excluding carboxylic acids is 2. The molecule has 2 heterocycles. The standard InChI is InChI=1S/C19H24F3N3O3/c20-19(21,22)13-5-7-17(23-11-13)28-15-9-10-25(12-15)18(27)8-6-16(26)24-14-3-1-2-4-14/h5,7,11,14-15H,1-4,6,8-10,12H2,(H,24,26)/t15-/m0/s1. The van der Waals surface area contributed by atoms with E-state index in [1.807, 2.05) is 0 Å². The van der Waals surface area contributed by atoms with E-state index in [1.165, 1.54) is 6.07 Å². The van der Waals surface area contributed by atoms with Crippen LogP contribution in [0.25, 0.3) is 0 Å². The Bertz CT molecular complexity index is 688. The van der Waals surface area contributed by atoms with Crippen molar-refractivity contribution in [2.75, 3.05) is 13.1 Å². The van der Waals surface area contributed by atoms with E-state index in [4.69, 9.17) is 4.74 Å². The lowest BCUT2D eigenvalue weighted by molar-refractivity contribution is -0.138. The lowest BCUT2D eigenvalue weighted by Gasteiger charge is -2.17. The Labute approximate surface area is 161 Å². The third-order valence-corrected chi connectivity index (χ3v) is 5.14. The molecule has 1 saturated carbocycles. The molecular formula is C19H24F3N3O3. The maximum Gasteiger partial charge on any atom is 0.417 e. The van der Waals surface area contributed by atoms with Crippen LogP contribution < -0.4 is 10.1 Å². The van der Waals surface area contributed by atoms with Crippen LogP contribution in [0.5, 0.6) is 5.88 Å². The van der Waals surface area contributed by atoms with E-state index in [0.29, 0.717) is 19.5 Å². The molecule has 0 aromatic carbocycles. The van der Waals surface area contributed by atoms with Crippen LogP contribution in [0, 0.1) is 0 Å². The number of halogens is 3. The van der Waals surface area contributed by atoms with Gasteiger partial charge in [-0.3, -0.25) is 9.59 Å². The van der Waals surface area contributed by atoms with Crippen molar-refractivity contribution in [2.45, 2.75) is 63.3 Å². The van der Waals surface area contributed by atoms with Crippen molar-refractivity contribution in [2.24, 2.45) is 0 Å². The van der Waals surface area contributed by atoms with Crippen molar-refractivity contribution in [1.82, 2.24) is 15.2 Å². The average molecular weight is 399 g/mol. The summed E-state index contributed by atoms with van der Waals surface area (Å²) in [5, 5.41) is 2.96. The maximum absolute atomic E-state index is 12.6. The molecule has 1 aromatic rings. The van der Waals surface area contributed by atoms with E-state index in [1.54, 1.807) is 4.90 Å². The molecular weight excluding hydrogens is 375 g/mol. The quantitative estimate of drug-likeness (QED) is 0.799. The Morgan fingerprint density at radius 2 is 1.93 bits per heavy atom. The van der Waals surface area contributed by atoms with Gasteiger partial charge in [0.25, 0.3) is 0 Å². The lowest BCUT2D eigenvalue weighted by atomic mass is 10.2. The zero-order valence-corrected chi connectivity index (χ0v) is 15.5. The Morgan fingerprint density at radius 1 is 1.18 bits per heavy atom. The van der Waals surface area contributed by atoms with Gasteiger partial charge in [-0.05, 0) is 18.9 Å². The van der Waals surface area contributed by atoms with Gasteiger partial charge in [0.1, 0.15) is 6.10 Å². The highest BCUT2D eigenvalue weighted by atomic mass is 19.4. The summed E-state index contributed by atoms with van der Waals surface area (Å²) in [6, 6.07) is 2.34. The van der Waals surface area contributed by atoms with Crippen LogP contribution in [0.15, 0.2) is 18.3 Å². The highest BCUT2D eigenvalue weighted by Gasteiger charge is 2.31. The number of ether oxygens (including phenoxy) is 1. The predicted octanol–water partition coefficient (Wildman–Crippen LogP) is 2.92. The Kier molecular flexibility index (Phi) is 6.41. The molecule has 28 heavy (non-hydrogen) atoms. The van der Waals surface area contributed by atoms with Gasteiger partial charge in [-0.25, -0.2) is 4.98 Å². The van der Waals surface area contributed by atoms with Crippen LogP contribution in [0.1, 0.15) is 50.5 Å². The second kappa shape index (κ2) is 8.79. The fraction of sp³-hybridized carbons (Fsp3) is 0.632. The van der Waals surface area contributed by atoms with Gasteiger partial charge in [0, 0.05) is 44.1 Å². The Morgan fingerprint density at radius 3 is 2.57 bits per heavy atom. The molecule has 9 heteroatoms. The van der Waals surface area contributed by atoms with Gasteiger partial charge in [-0.1, -0.05) is 12.8 Å². The summed E-state index contributed by atoms with van der Waals surface area (Å²) in [6.45, 7) is 0.833. The summed E-state index contributed by atoms with van der Waals surface area (Å²) in [6.07, 6.45) is 1.12. The van der Waals surface area contributed by atoms with Gasteiger partial charge in [0.05, 0.1) is 12.1 Å². The molecule has 1 aliphatic heterocycles. The highest BCUT2D eigenvalue weighted by Crippen LogP contribution is 2.29. The largest absolute Gasteiger partial charge is 0.472 e. The highest BCUT2D eigenvalue weighted by molar-refractivity contribution is 5.84. The van der Waals surface area contributed by atoms with E-state index in [0.717, 1.165) is 37.9 Å². The average Bonchev–Trinajstić information content (AvgIpc) is 3.31. The SMILES string of the molecule is O=C(CCC(=O)N1CC[C@H](Oc2ccc(C(F)(F)F)cn2)C1)NC1CCCC1. The van der Waals surface area contributed by atoms with Crippen molar-refractivity contribution in [1.29, 1.82) is 0 Å². The summed E-state index contributed by atoms with van der Waals surface area (Å²) in [5.41, 5.74) is -0.834. The normalized spacial score (nSPS) is 20.4. The minimum Gasteiger partial charge on any atom is -0.472 e. The number of hydrogen-bond donors (Lipinski definition) is 1. The van der Waals surface area contributed by atoms with Gasteiger partial charge < -0.3 is 15.0 Å². The van der Waals surface area contributed by atoms with Gasteiger partial charge in [0.2, 0.25) is 17.7 Å². The van der Waals surface area contributed by atoms with Gasteiger partial charge in [0.15, 0.2) is 0 Å². The molecule has 1 atom stereocenters. The molecule has 6 nitrogen and oxygen atoms in total. The molecule has 0 unspecified atom stereocenters. The minimum atomic E-state index is -4.44. The molecule has 1 N–H and O–H groups in total. The summed E-state index contributed by atoms with van der Waals surface area (Å²) in [5.74, 6) is -0.113. The third kappa shape index (κ3) is 5.59. The number of rotatable bonds is 6. The zero-order valence-electron chi connectivity index (χ0n) is 15.5. The molecule has 2 fully saturated rings. The summed E-state index contributed by atoms with van der Waals surface area (Å²) < 4.78 is 43.2. The Balaban J connectivity index is 1.40. The Hall–Kier alpha value is -2.32. The molecule has 1 aromatic heterocycles. The first kappa shape index (κ1) is 20.4. The van der Waals surface area contributed by atoms with E-state index in [2.05, 4.69) is 10.3 Å². The summed E-state index contributed by atoms with van der Waals surface area (Å²) >= 11 is 0. The monoisotopic (exact) mass is 399 g/mol. The second-order valence-corrected chi connectivity index (χ2v) is 7.30. The van der Waals surface area contributed by atoms with Crippen molar-refractivity contribution < 1.29 is 27.5 Å². The van der Waals surface area contributed by atoms with E-state index < -0.39 is 11.7 Å². The third-order valence-electron chi connectivity index (χ3n) is 5.14. The maximum atomic E-state index is 12.6. The number of amides is 2. The van der Waals surface area contributed by atoms with Crippen LogP contribution in [0.2, 0.25) is 0 Å². The first-order chi connectivity index (χ1) is 13.3. The van der Waals surface area contributed by atoms with Gasteiger partial charge in [-0.2, -0.15) is 13.2 Å². The van der Waals surface area contributed by atoms with Crippen molar-refractivity contribution in [3.8, 4) is 5.88 Å². The van der Waals surface area contributed by atoms with Gasteiger partial charge in [-0.15, -0.1) is 0 Å². The summed E-state index contributed by atoms with van der Waals surface area (Å²) in [7, 11) is 0. The van der Waals surface area contributed by atoms with Crippen molar-refractivity contribution in [3.63, 3.8) is 0 Å². The number of carbonyl (C=O) groups is 2. The van der Waals surface area contributed by atoms with Gasteiger partial charge >= 0.3 is 6.18 Å². The number of aromatic nitrogens is 1.